The van der Waals surface area contributed by atoms with Gasteiger partial charge in [-0.15, -0.1) is 0 Å². The quantitative estimate of drug-likeness (QED) is 0.291. The van der Waals surface area contributed by atoms with E-state index in [0.29, 0.717) is 34.8 Å². The maximum Gasteiger partial charge on any atom is 0.416 e. The van der Waals surface area contributed by atoms with Gasteiger partial charge < -0.3 is 13.9 Å². The van der Waals surface area contributed by atoms with E-state index >= 15 is 0 Å². The molecule has 2 aliphatic rings. The molecule has 0 saturated heterocycles. The van der Waals surface area contributed by atoms with Crippen molar-refractivity contribution in [1.29, 1.82) is 0 Å². The number of esters is 1. The number of halogens is 3. The molecule has 0 radical (unpaired) electrons. The van der Waals surface area contributed by atoms with Crippen LogP contribution in [0.2, 0.25) is 0 Å². The number of fused-ring (bicyclic) bond motifs is 1. The van der Waals surface area contributed by atoms with Gasteiger partial charge in [0, 0.05) is 23.0 Å². The maximum atomic E-state index is 13.2. The number of alkyl halides is 3. The van der Waals surface area contributed by atoms with E-state index in [9.17, 15) is 18.0 Å². The number of carbonyl (C=O) groups is 1. The van der Waals surface area contributed by atoms with Gasteiger partial charge in [0.25, 0.3) is 0 Å². The molecule has 2 aromatic carbocycles. The number of carbonyl (C=O) groups excluding carboxylic acids is 1. The van der Waals surface area contributed by atoms with E-state index in [-0.39, 0.29) is 24.4 Å². The minimum Gasteiger partial charge on any atom is -0.497 e. The van der Waals surface area contributed by atoms with Gasteiger partial charge in [-0.3, -0.25) is 0 Å². The first-order valence-electron chi connectivity index (χ1n) is 13.0. The molecule has 0 spiro atoms. The SMILES string of the molecule is C=C1C(=Cc2ccc(-c3cccc(C(F)(F)F)c3)o2)CC2=CC(C)=C(C(=O)OCC)C(c3ccc(OC)cc3)C12. The standard InChI is InChI=1S/C33H29F3O4/c1-5-39-32(37)29-19(2)15-24-16-23(20(3)30(24)31(29)21-9-11-26(38-4)12-10-21)18-27-13-14-28(40-27)22-7-6-8-25(17-22)33(34,35)36/h6-15,17-18,30-31H,3,5,16H2,1-2,4H3. The van der Waals surface area contributed by atoms with Gasteiger partial charge in [-0.1, -0.05) is 42.5 Å². The van der Waals surface area contributed by atoms with E-state index in [0.717, 1.165) is 40.0 Å². The van der Waals surface area contributed by atoms with Crippen LogP contribution in [0.5, 0.6) is 5.75 Å². The normalized spacial score (nSPS) is 20.0. The zero-order chi connectivity index (χ0) is 28.6. The number of methoxy groups -OCH3 is 1. The van der Waals surface area contributed by atoms with E-state index in [1.165, 1.54) is 6.07 Å². The molecule has 0 N–H and O–H groups in total. The molecule has 4 nitrogen and oxygen atoms in total. The molecule has 3 aromatic rings. The van der Waals surface area contributed by atoms with E-state index in [2.05, 4.69) is 6.58 Å². The lowest BCUT2D eigenvalue weighted by atomic mass is 9.71. The third-order valence-corrected chi connectivity index (χ3v) is 7.44. The minimum absolute atomic E-state index is 0.152. The van der Waals surface area contributed by atoms with E-state index < -0.39 is 11.7 Å². The van der Waals surface area contributed by atoms with Crippen molar-refractivity contribution in [1.82, 2.24) is 0 Å². The summed E-state index contributed by atoms with van der Waals surface area (Å²) in [6, 6.07) is 16.1. The fourth-order valence-electron chi connectivity index (χ4n) is 5.61. The number of furan rings is 1. The second-order valence-corrected chi connectivity index (χ2v) is 9.92. The molecule has 1 fully saturated rings. The summed E-state index contributed by atoms with van der Waals surface area (Å²) in [6.07, 6.45) is 0.0967. The summed E-state index contributed by atoms with van der Waals surface area (Å²) < 4.78 is 56.3. The second-order valence-electron chi connectivity index (χ2n) is 9.92. The highest BCUT2D eigenvalue weighted by Gasteiger charge is 2.43. The molecule has 0 bridgehead atoms. The summed E-state index contributed by atoms with van der Waals surface area (Å²) in [5.74, 6) is 0.781. The summed E-state index contributed by atoms with van der Waals surface area (Å²) in [6.45, 7) is 8.39. The van der Waals surface area contributed by atoms with Crippen LogP contribution in [0.15, 0.2) is 106 Å². The first-order chi connectivity index (χ1) is 19.1. The van der Waals surface area contributed by atoms with Crippen LogP contribution in [0, 0.1) is 5.92 Å². The highest BCUT2D eigenvalue weighted by Crippen LogP contribution is 2.54. The van der Waals surface area contributed by atoms with Crippen molar-refractivity contribution in [3.63, 3.8) is 0 Å². The summed E-state index contributed by atoms with van der Waals surface area (Å²) >= 11 is 0. The Balaban J connectivity index is 1.49. The lowest BCUT2D eigenvalue weighted by molar-refractivity contribution is -0.139. The first-order valence-corrected chi connectivity index (χ1v) is 13.0. The molecule has 1 aromatic heterocycles. The zero-order valence-corrected chi connectivity index (χ0v) is 22.5. The molecule has 1 saturated carbocycles. The fraction of sp³-hybridized carbons (Fsp3) is 0.242. The molecule has 2 unspecified atom stereocenters. The molecule has 2 atom stereocenters. The Morgan fingerprint density at radius 2 is 1.85 bits per heavy atom. The molecule has 0 amide bonds. The van der Waals surface area contributed by atoms with Crippen LogP contribution in [0.4, 0.5) is 13.2 Å². The largest absolute Gasteiger partial charge is 0.497 e. The number of allylic oxidation sites excluding steroid dienone is 5. The van der Waals surface area contributed by atoms with Gasteiger partial charge in [0.1, 0.15) is 17.3 Å². The summed E-state index contributed by atoms with van der Waals surface area (Å²) in [7, 11) is 1.60. The monoisotopic (exact) mass is 546 g/mol. The van der Waals surface area contributed by atoms with Gasteiger partial charge in [-0.25, -0.2) is 4.79 Å². The molecule has 5 rings (SSSR count). The topological polar surface area (TPSA) is 48.7 Å². The maximum absolute atomic E-state index is 13.2. The van der Waals surface area contributed by atoms with Crippen molar-refractivity contribution in [3.8, 4) is 17.1 Å². The van der Waals surface area contributed by atoms with Crippen molar-refractivity contribution in [2.45, 2.75) is 32.4 Å². The summed E-state index contributed by atoms with van der Waals surface area (Å²) in [5.41, 5.74) is 4.96. The molecule has 7 heteroatoms. The average Bonchev–Trinajstić information content (AvgIpc) is 3.52. The molecule has 40 heavy (non-hydrogen) atoms. The lowest BCUT2D eigenvalue weighted by Crippen LogP contribution is -2.25. The Morgan fingerprint density at radius 3 is 2.52 bits per heavy atom. The third kappa shape index (κ3) is 5.16. The molecule has 206 valence electrons. The Bertz CT molecular complexity index is 1550. The number of rotatable bonds is 6. The highest BCUT2D eigenvalue weighted by atomic mass is 19.4. The highest BCUT2D eigenvalue weighted by molar-refractivity contribution is 5.93. The molecule has 2 aliphatic carbocycles. The predicted octanol–water partition coefficient (Wildman–Crippen LogP) is 8.54. The molecule has 1 heterocycles. The fourth-order valence-corrected chi connectivity index (χ4v) is 5.61. The van der Waals surface area contributed by atoms with E-state index in [1.807, 2.05) is 43.3 Å². The summed E-state index contributed by atoms with van der Waals surface area (Å²) in [5, 5.41) is 0. The number of hydrogen-bond donors (Lipinski definition) is 0. The molecular weight excluding hydrogens is 517 g/mol. The van der Waals surface area contributed by atoms with Gasteiger partial charge in [-0.05, 0) is 85.0 Å². The molecular formula is C33H29F3O4. The van der Waals surface area contributed by atoms with Crippen LogP contribution in [0.1, 0.15) is 43.1 Å². The van der Waals surface area contributed by atoms with E-state index in [4.69, 9.17) is 13.9 Å². The number of benzene rings is 2. The Labute approximate surface area is 231 Å². The Hall–Kier alpha value is -4.26. The number of hydrogen-bond acceptors (Lipinski definition) is 4. The minimum atomic E-state index is -4.44. The van der Waals surface area contributed by atoms with Crippen molar-refractivity contribution >= 4 is 12.0 Å². The van der Waals surface area contributed by atoms with Crippen LogP contribution < -0.4 is 4.74 Å². The predicted molar refractivity (Wildman–Crippen MR) is 148 cm³/mol. The van der Waals surface area contributed by atoms with Crippen molar-refractivity contribution in [2.24, 2.45) is 5.92 Å². The van der Waals surface area contributed by atoms with Gasteiger partial charge in [0.2, 0.25) is 0 Å². The van der Waals surface area contributed by atoms with Crippen LogP contribution in [-0.4, -0.2) is 19.7 Å². The Morgan fingerprint density at radius 1 is 1.10 bits per heavy atom. The third-order valence-electron chi connectivity index (χ3n) is 7.44. The van der Waals surface area contributed by atoms with Crippen molar-refractivity contribution in [3.05, 3.63) is 118 Å². The second kappa shape index (κ2) is 10.7. The van der Waals surface area contributed by atoms with Gasteiger partial charge in [0.15, 0.2) is 0 Å². The summed E-state index contributed by atoms with van der Waals surface area (Å²) in [4.78, 5) is 13.1. The average molecular weight is 547 g/mol. The lowest BCUT2D eigenvalue weighted by Gasteiger charge is -2.32. The first kappa shape index (κ1) is 27.3. The van der Waals surface area contributed by atoms with Crippen molar-refractivity contribution < 1.29 is 31.9 Å². The van der Waals surface area contributed by atoms with Crippen molar-refractivity contribution in [2.75, 3.05) is 13.7 Å². The number of ether oxygens (including phenoxy) is 2. The smallest absolute Gasteiger partial charge is 0.416 e. The Kier molecular flexibility index (Phi) is 7.32. The van der Waals surface area contributed by atoms with Crippen LogP contribution in [-0.2, 0) is 15.7 Å². The van der Waals surface area contributed by atoms with Gasteiger partial charge in [-0.2, -0.15) is 13.2 Å². The van der Waals surface area contributed by atoms with Gasteiger partial charge >= 0.3 is 12.1 Å². The van der Waals surface area contributed by atoms with E-state index in [1.54, 1.807) is 32.2 Å². The zero-order valence-electron chi connectivity index (χ0n) is 22.5. The van der Waals surface area contributed by atoms with Crippen LogP contribution in [0.25, 0.3) is 17.4 Å². The van der Waals surface area contributed by atoms with Gasteiger partial charge in [0.05, 0.1) is 19.3 Å². The van der Waals surface area contributed by atoms with Crippen LogP contribution >= 0.6 is 0 Å². The molecule has 0 aliphatic heterocycles. The van der Waals surface area contributed by atoms with Crippen LogP contribution in [0.3, 0.4) is 0 Å².